The van der Waals surface area contributed by atoms with E-state index in [9.17, 15) is 13.2 Å². The number of carbonyl (C=O) groups is 1. The minimum absolute atomic E-state index is 0.349. The molecule has 2 rings (SSSR count). The van der Waals surface area contributed by atoms with Crippen molar-refractivity contribution in [2.24, 2.45) is 5.10 Å². The van der Waals surface area contributed by atoms with Crippen molar-refractivity contribution in [3.05, 3.63) is 63.6 Å². The Kier molecular flexibility index (Phi) is 6.78. The lowest BCUT2D eigenvalue weighted by molar-refractivity contribution is -0.119. The number of rotatable bonds is 6. The van der Waals surface area contributed by atoms with E-state index in [1.165, 1.54) is 0 Å². The number of hydrogen-bond donors (Lipinski definition) is 1. The average Bonchev–Trinajstić information content (AvgIpc) is 2.59. The van der Waals surface area contributed by atoms with Crippen LogP contribution in [0.2, 0.25) is 0 Å². The zero-order valence-corrected chi connectivity index (χ0v) is 18.1. The van der Waals surface area contributed by atoms with E-state index < -0.39 is 15.9 Å². The molecular formula is C19H22BrN3O3S. The second kappa shape index (κ2) is 8.67. The summed E-state index contributed by atoms with van der Waals surface area (Å²) in [5, 5.41) is 4.08. The third kappa shape index (κ3) is 5.64. The maximum atomic E-state index is 12.3. The van der Waals surface area contributed by atoms with E-state index in [2.05, 4.69) is 26.5 Å². The van der Waals surface area contributed by atoms with E-state index in [-0.39, 0.29) is 6.54 Å². The SMILES string of the molecule is CC(=NNC(=O)CN(c1cccc(C)c1C)S(C)(=O)=O)c1cccc(Br)c1. The van der Waals surface area contributed by atoms with Gasteiger partial charge in [0.2, 0.25) is 10.0 Å². The van der Waals surface area contributed by atoms with Crippen molar-refractivity contribution in [3.8, 4) is 0 Å². The summed E-state index contributed by atoms with van der Waals surface area (Å²) in [5.74, 6) is -0.518. The van der Waals surface area contributed by atoms with Gasteiger partial charge in [0.25, 0.3) is 5.91 Å². The van der Waals surface area contributed by atoms with Crippen LogP contribution < -0.4 is 9.73 Å². The van der Waals surface area contributed by atoms with Gasteiger partial charge in [0, 0.05) is 4.47 Å². The Bertz CT molecular complexity index is 987. The second-order valence-corrected chi connectivity index (χ2v) is 9.05. The summed E-state index contributed by atoms with van der Waals surface area (Å²) in [6, 6.07) is 12.9. The van der Waals surface area contributed by atoms with Crippen LogP contribution in [0, 0.1) is 13.8 Å². The molecular weight excluding hydrogens is 430 g/mol. The highest BCUT2D eigenvalue weighted by Crippen LogP contribution is 2.24. The first-order chi connectivity index (χ1) is 12.6. The summed E-state index contributed by atoms with van der Waals surface area (Å²) in [6.07, 6.45) is 1.08. The zero-order valence-electron chi connectivity index (χ0n) is 15.7. The van der Waals surface area contributed by atoms with E-state index >= 15 is 0 Å². The Labute approximate surface area is 168 Å². The van der Waals surface area contributed by atoms with Crippen LogP contribution in [0.1, 0.15) is 23.6 Å². The Morgan fingerprint density at radius 3 is 2.48 bits per heavy atom. The lowest BCUT2D eigenvalue weighted by Crippen LogP contribution is -2.39. The van der Waals surface area contributed by atoms with Crippen molar-refractivity contribution >= 4 is 43.3 Å². The van der Waals surface area contributed by atoms with Gasteiger partial charge in [0.1, 0.15) is 6.54 Å². The summed E-state index contributed by atoms with van der Waals surface area (Å²) in [7, 11) is -3.63. The number of halogens is 1. The van der Waals surface area contributed by atoms with Crippen LogP contribution in [0.25, 0.3) is 0 Å². The molecule has 1 N–H and O–H groups in total. The molecule has 0 atom stereocenters. The van der Waals surface area contributed by atoms with Gasteiger partial charge in [-0.25, -0.2) is 13.8 Å². The van der Waals surface area contributed by atoms with Gasteiger partial charge < -0.3 is 0 Å². The molecule has 27 heavy (non-hydrogen) atoms. The monoisotopic (exact) mass is 451 g/mol. The molecule has 6 nitrogen and oxygen atoms in total. The van der Waals surface area contributed by atoms with Gasteiger partial charge >= 0.3 is 0 Å². The van der Waals surface area contributed by atoms with E-state index in [0.717, 1.165) is 31.7 Å². The predicted octanol–water partition coefficient (Wildman–Crippen LogP) is 3.37. The second-order valence-electron chi connectivity index (χ2n) is 6.23. The molecule has 0 aliphatic carbocycles. The molecule has 0 heterocycles. The number of carbonyl (C=O) groups excluding carboxylic acids is 1. The van der Waals surface area contributed by atoms with Gasteiger partial charge in [-0.05, 0) is 55.7 Å². The molecule has 0 saturated carbocycles. The number of hydrazone groups is 1. The molecule has 1 amide bonds. The lowest BCUT2D eigenvalue weighted by Gasteiger charge is -2.24. The minimum Gasteiger partial charge on any atom is -0.271 e. The molecule has 0 saturated heterocycles. The topological polar surface area (TPSA) is 78.8 Å². The largest absolute Gasteiger partial charge is 0.271 e. The standard InChI is InChI=1S/C19H22BrN3O3S/c1-13-7-5-10-18(14(13)2)23(27(4,25)26)12-19(24)22-21-15(3)16-8-6-9-17(20)11-16/h5-11H,12H2,1-4H3,(H,22,24). The Balaban J connectivity index is 2.20. The van der Waals surface area contributed by atoms with E-state index in [1.807, 2.05) is 44.2 Å². The van der Waals surface area contributed by atoms with Crippen molar-refractivity contribution in [1.29, 1.82) is 0 Å². The molecule has 0 aliphatic heterocycles. The highest BCUT2D eigenvalue weighted by molar-refractivity contribution is 9.10. The summed E-state index contributed by atoms with van der Waals surface area (Å²) in [5.41, 5.74) is 6.14. The maximum Gasteiger partial charge on any atom is 0.260 e. The molecule has 0 spiro atoms. The number of aryl methyl sites for hydroxylation is 1. The van der Waals surface area contributed by atoms with Gasteiger partial charge in [-0.2, -0.15) is 5.10 Å². The summed E-state index contributed by atoms with van der Waals surface area (Å²) >= 11 is 3.39. The maximum absolute atomic E-state index is 12.3. The van der Waals surface area contributed by atoms with Gasteiger partial charge in [0.15, 0.2) is 0 Å². The van der Waals surface area contributed by atoms with Gasteiger partial charge in [-0.1, -0.05) is 40.2 Å². The van der Waals surface area contributed by atoms with Crippen molar-refractivity contribution < 1.29 is 13.2 Å². The van der Waals surface area contributed by atoms with Crippen LogP contribution in [-0.4, -0.2) is 32.8 Å². The molecule has 0 radical (unpaired) electrons. The quantitative estimate of drug-likeness (QED) is 0.539. The number of benzene rings is 2. The minimum atomic E-state index is -3.63. The van der Waals surface area contributed by atoms with Crippen LogP contribution in [0.3, 0.4) is 0 Å². The smallest absolute Gasteiger partial charge is 0.260 e. The number of amides is 1. The first-order valence-corrected chi connectivity index (χ1v) is 10.9. The molecule has 0 aromatic heterocycles. The van der Waals surface area contributed by atoms with Gasteiger partial charge in [-0.15, -0.1) is 0 Å². The first-order valence-electron chi connectivity index (χ1n) is 8.22. The van der Waals surface area contributed by atoms with Crippen LogP contribution in [0.15, 0.2) is 52.0 Å². The predicted molar refractivity (Wildman–Crippen MR) is 113 cm³/mol. The van der Waals surface area contributed by atoms with Gasteiger partial charge in [-0.3, -0.25) is 9.10 Å². The number of nitrogens with one attached hydrogen (secondary N) is 1. The number of hydrogen-bond acceptors (Lipinski definition) is 4. The molecule has 2 aromatic carbocycles. The Morgan fingerprint density at radius 2 is 1.85 bits per heavy atom. The first kappa shape index (κ1) is 21.1. The third-order valence-electron chi connectivity index (χ3n) is 4.12. The van der Waals surface area contributed by atoms with Crippen molar-refractivity contribution in [1.82, 2.24) is 5.43 Å². The van der Waals surface area contributed by atoms with Crippen molar-refractivity contribution in [2.75, 3.05) is 17.1 Å². The fourth-order valence-electron chi connectivity index (χ4n) is 2.48. The number of sulfonamides is 1. The Hall–Kier alpha value is -2.19. The molecule has 8 heteroatoms. The lowest BCUT2D eigenvalue weighted by atomic mass is 10.1. The summed E-state index contributed by atoms with van der Waals surface area (Å²) < 4.78 is 26.5. The van der Waals surface area contributed by atoms with Crippen LogP contribution in [-0.2, 0) is 14.8 Å². The third-order valence-corrected chi connectivity index (χ3v) is 5.74. The van der Waals surface area contributed by atoms with Crippen molar-refractivity contribution in [3.63, 3.8) is 0 Å². The van der Waals surface area contributed by atoms with Crippen LogP contribution in [0.4, 0.5) is 5.69 Å². The number of anilines is 1. The van der Waals surface area contributed by atoms with E-state index in [1.54, 1.807) is 19.1 Å². The van der Waals surface area contributed by atoms with E-state index in [4.69, 9.17) is 0 Å². The fourth-order valence-corrected chi connectivity index (χ4v) is 3.78. The molecule has 0 aliphatic rings. The highest BCUT2D eigenvalue weighted by atomic mass is 79.9. The fraction of sp³-hybridized carbons (Fsp3) is 0.263. The van der Waals surface area contributed by atoms with Gasteiger partial charge in [0.05, 0.1) is 17.7 Å². The summed E-state index contributed by atoms with van der Waals surface area (Å²) in [6.45, 7) is 5.14. The zero-order chi connectivity index (χ0) is 20.2. The molecule has 2 aromatic rings. The van der Waals surface area contributed by atoms with Crippen LogP contribution >= 0.6 is 15.9 Å². The number of nitrogens with zero attached hydrogens (tertiary/aromatic N) is 2. The molecule has 0 unspecified atom stereocenters. The molecule has 0 fully saturated rings. The van der Waals surface area contributed by atoms with E-state index in [0.29, 0.717) is 11.4 Å². The molecule has 144 valence electrons. The average molecular weight is 452 g/mol. The highest BCUT2D eigenvalue weighted by Gasteiger charge is 2.22. The normalized spacial score (nSPS) is 12.0. The van der Waals surface area contributed by atoms with Crippen molar-refractivity contribution in [2.45, 2.75) is 20.8 Å². The summed E-state index contributed by atoms with van der Waals surface area (Å²) in [4.78, 5) is 12.3. The van der Waals surface area contributed by atoms with Crippen LogP contribution in [0.5, 0.6) is 0 Å². The molecule has 0 bridgehead atoms. The Morgan fingerprint density at radius 1 is 1.19 bits per heavy atom.